The van der Waals surface area contributed by atoms with E-state index in [0.717, 1.165) is 19.4 Å². The maximum Gasteiger partial charge on any atom is 0.336 e. The Morgan fingerprint density at radius 3 is 2.38 bits per heavy atom. The van der Waals surface area contributed by atoms with Crippen LogP contribution in [0.1, 0.15) is 30.4 Å². The molecule has 1 saturated heterocycles. The third-order valence-electron chi connectivity index (χ3n) is 7.44. The summed E-state index contributed by atoms with van der Waals surface area (Å²) >= 11 is 0. The van der Waals surface area contributed by atoms with Crippen LogP contribution in [-0.4, -0.2) is 90.9 Å². The average molecular weight is 477 g/mol. The van der Waals surface area contributed by atoms with E-state index in [4.69, 9.17) is 25.2 Å². The molecule has 0 aromatic heterocycles. The molecule has 34 heavy (non-hydrogen) atoms. The second kappa shape index (κ2) is 8.26. The number of hydrogen-bond acceptors (Lipinski definition) is 8. The number of likely N-dealkylation sites (tertiary alicyclic amines) is 1. The summed E-state index contributed by atoms with van der Waals surface area (Å²) in [5.74, 6) is -3.83. The summed E-state index contributed by atoms with van der Waals surface area (Å²) in [5, 5.41) is 54.5. The lowest BCUT2D eigenvalue weighted by Crippen LogP contribution is -2.64. The topological polar surface area (TPSA) is 185 Å². The minimum Gasteiger partial charge on any atom is -0.504 e. The number of phenols is 1. The van der Waals surface area contributed by atoms with E-state index in [2.05, 4.69) is 18.0 Å². The Morgan fingerprint density at radius 1 is 1.15 bits per heavy atom. The molecule has 2 aliphatic heterocycles. The van der Waals surface area contributed by atoms with Crippen molar-refractivity contribution in [2.24, 2.45) is 5.92 Å². The second-order valence-corrected chi connectivity index (χ2v) is 9.41. The zero-order chi connectivity index (χ0) is 25.0. The number of benzene rings is 1. The van der Waals surface area contributed by atoms with E-state index in [9.17, 15) is 24.6 Å². The molecule has 5 atom stereocenters. The number of likely N-dealkylation sites (N-methyl/N-ethyl adjacent to an activating group) is 1. The van der Waals surface area contributed by atoms with Gasteiger partial charge in [0.1, 0.15) is 12.2 Å². The number of ether oxygens (including phenoxy) is 1. The van der Waals surface area contributed by atoms with Crippen molar-refractivity contribution in [2.75, 3.05) is 13.6 Å². The van der Waals surface area contributed by atoms with Gasteiger partial charge in [0, 0.05) is 22.9 Å². The first-order chi connectivity index (χ1) is 15.9. The Hall–Kier alpha value is -3.15. The Labute approximate surface area is 194 Å². The van der Waals surface area contributed by atoms with Gasteiger partial charge in [0.2, 0.25) is 0 Å². The van der Waals surface area contributed by atoms with Gasteiger partial charge in [-0.2, -0.15) is 0 Å². The number of piperidine rings is 1. The minimum atomic E-state index is -2.74. The molecule has 0 unspecified atom stereocenters. The molecule has 5 rings (SSSR count). The van der Waals surface area contributed by atoms with E-state index in [1.165, 1.54) is 11.1 Å². The van der Waals surface area contributed by atoms with Crippen LogP contribution in [0.5, 0.6) is 11.5 Å². The molecule has 1 aromatic carbocycles. The lowest BCUT2D eigenvalue weighted by atomic mass is 9.53. The number of carbonyl (C=O) groups is 3. The maximum absolute atomic E-state index is 10.4. The largest absolute Gasteiger partial charge is 0.504 e. The Balaban J connectivity index is 0.000000185. The molecule has 6 N–H and O–H groups in total. The number of phenolic OH excluding ortho intramolecular Hbond substituents is 1. The van der Waals surface area contributed by atoms with E-state index < -0.39 is 42.5 Å². The number of carboxylic acids is 3. The summed E-state index contributed by atoms with van der Waals surface area (Å²) in [5.41, 5.74) is -0.448. The van der Waals surface area contributed by atoms with Crippen molar-refractivity contribution in [3.05, 3.63) is 35.4 Å². The minimum absolute atomic E-state index is 0.160. The molecule has 184 valence electrons. The van der Waals surface area contributed by atoms with E-state index in [0.29, 0.717) is 17.7 Å². The van der Waals surface area contributed by atoms with Gasteiger partial charge < -0.3 is 40.3 Å². The van der Waals surface area contributed by atoms with Gasteiger partial charge in [-0.25, -0.2) is 4.79 Å². The van der Waals surface area contributed by atoms with E-state index in [-0.39, 0.29) is 17.3 Å². The highest BCUT2D eigenvalue weighted by Crippen LogP contribution is 2.62. The van der Waals surface area contributed by atoms with Crippen molar-refractivity contribution in [3.8, 4) is 11.5 Å². The van der Waals surface area contributed by atoms with Gasteiger partial charge in [0.15, 0.2) is 17.1 Å². The maximum atomic E-state index is 10.4. The van der Waals surface area contributed by atoms with Crippen molar-refractivity contribution in [3.63, 3.8) is 0 Å². The number of hydrogen-bond donors (Lipinski definition) is 6. The molecule has 0 amide bonds. The predicted molar refractivity (Wildman–Crippen MR) is 115 cm³/mol. The predicted octanol–water partition coefficient (Wildman–Crippen LogP) is -0.0504. The summed E-state index contributed by atoms with van der Waals surface area (Å²) in [6, 6.07) is 4.23. The number of aromatic hydroxyl groups is 1. The molecule has 0 radical (unpaired) electrons. The molecule has 1 aromatic rings. The molecule has 2 heterocycles. The van der Waals surface area contributed by atoms with Crippen LogP contribution in [-0.2, 0) is 26.2 Å². The fourth-order valence-corrected chi connectivity index (χ4v) is 5.95. The molecule has 4 aliphatic rings. The Kier molecular flexibility index (Phi) is 5.83. The average Bonchev–Trinajstić information content (AvgIpc) is 3.09. The van der Waals surface area contributed by atoms with Crippen molar-refractivity contribution >= 4 is 17.9 Å². The zero-order valence-corrected chi connectivity index (χ0v) is 18.4. The Morgan fingerprint density at radius 2 is 1.79 bits per heavy atom. The highest BCUT2D eigenvalue weighted by atomic mass is 16.5. The van der Waals surface area contributed by atoms with Crippen LogP contribution in [0.3, 0.4) is 0 Å². The van der Waals surface area contributed by atoms with E-state index in [1.807, 2.05) is 12.1 Å². The van der Waals surface area contributed by atoms with Crippen molar-refractivity contribution in [2.45, 2.75) is 54.9 Å². The van der Waals surface area contributed by atoms with Gasteiger partial charge in [-0.15, -0.1) is 0 Å². The number of nitrogens with zero attached hydrogens (tertiary/aromatic N) is 1. The summed E-state index contributed by atoms with van der Waals surface area (Å²) in [7, 11) is 2.19. The third-order valence-corrected chi connectivity index (χ3v) is 7.44. The first-order valence-corrected chi connectivity index (χ1v) is 10.9. The fourth-order valence-electron chi connectivity index (χ4n) is 5.95. The van der Waals surface area contributed by atoms with Gasteiger partial charge in [0.25, 0.3) is 0 Å². The molecule has 0 saturated carbocycles. The summed E-state index contributed by atoms with van der Waals surface area (Å²) in [4.78, 5) is 32.9. The van der Waals surface area contributed by atoms with Crippen LogP contribution < -0.4 is 4.74 Å². The lowest BCUT2D eigenvalue weighted by Gasteiger charge is -2.56. The van der Waals surface area contributed by atoms with Crippen molar-refractivity contribution < 1.29 is 49.8 Å². The first kappa shape index (κ1) is 24.0. The first-order valence-electron chi connectivity index (χ1n) is 10.9. The molecule has 1 spiro atoms. The standard InChI is InChI=1S/C17H19NO3.C6H8O7/c1-18-7-6-17-10-3-5-13(20)16(17)21-15-12(19)4-2-9(14(15)17)8-11(10)18;7-3(8)1-6(13,5(11)12)2-4(9)10/h2-5,10-11,13,16,19-20H,6-8H2,1H3;13H,1-2H2,(H,7,8)(H,9,10)(H,11,12)/t10-,11+,13-,16-,17-;/m0./s1. The Bertz CT molecular complexity index is 1050. The van der Waals surface area contributed by atoms with Gasteiger partial charge in [-0.3, -0.25) is 9.59 Å². The van der Waals surface area contributed by atoms with Crippen molar-refractivity contribution in [1.82, 2.24) is 4.90 Å². The van der Waals surface area contributed by atoms with Gasteiger partial charge in [-0.1, -0.05) is 18.2 Å². The van der Waals surface area contributed by atoms with Crippen LogP contribution in [0.15, 0.2) is 24.3 Å². The molecular weight excluding hydrogens is 450 g/mol. The number of carboxylic acid groups (broad SMARTS) is 3. The summed E-state index contributed by atoms with van der Waals surface area (Å²) in [6.45, 7) is 1.01. The van der Waals surface area contributed by atoms with E-state index >= 15 is 0 Å². The van der Waals surface area contributed by atoms with Gasteiger partial charge >= 0.3 is 17.9 Å². The highest BCUT2D eigenvalue weighted by molar-refractivity contribution is 5.88. The number of aliphatic carboxylic acids is 3. The molecule has 11 heteroatoms. The molecule has 2 aliphatic carbocycles. The van der Waals surface area contributed by atoms with Crippen LogP contribution in [0, 0.1) is 5.92 Å². The highest BCUT2D eigenvalue weighted by Gasteiger charge is 2.64. The van der Waals surface area contributed by atoms with Gasteiger partial charge in [0.05, 0.1) is 12.8 Å². The summed E-state index contributed by atoms with van der Waals surface area (Å²) < 4.78 is 6.09. The fraction of sp³-hybridized carbons (Fsp3) is 0.522. The van der Waals surface area contributed by atoms with Gasteiger partial charge in [-0.05, 0) is 38.1 Å². The number of aliphatic hydroxyl groups is 2. The molecule has 11 nitrogen and oxygen atoms in total. The van der Waals surface area contributed by atoms with E-state index in [1.54, 1.807) is 6.07 Å². The lowest BCUT2D eigenvalue weighted by molar-refractivity contribution is -0.170. The van der Waals surface area contributed by atoms with Crippen LogP contribution in [0.25, 0.3) is 0 Å². The SMILES string of the molecule is CN1CC[C@]23c4c5ccc(O)c4O[C@H]2[C@@H](O)C=C[C@H]3[C@H]1C5.O=C(O)CC(O)(CC(=O)O)C(=O)O. The smallest absolute Gasteiger partial charge is 0.336 e. The quantitative estimate of drug-likeness (QED) is 0.312. The summed E-state index contributed by atoms with van der Waals surface area (Å²) in [6.07, 6.45) is 2.89. The number of aliphatic hydroxyl groups excluding tert-OH is 1. The molecule has 1 fully saturated rings. The van der Waals surface area contributed by atoms with Crippen LogP contribution in [0.4, 0.5) is 0 Å². The van der Waals surface area contributed by atoms with Crippen LogP contribution >= 0.6 is 0 Å². The third kappa shape index (κ3) is 3.60. The van der Waals surface area contributed by atoms with Crippen LogP contribution in [0.2, 0.25) is 0 Å². The molecular formula is C23H27NO10. The molecule has 2 bridgehead atoms. The monoisotopic (exact) mass is 477 g/mol. The second-order valence-electron chi connectivity index (χ2n) is 9.41. The zero-order valence-electron chi connectivity index (χ0n) is 18.4. The van der Waals surface area contributed by atoms with Crippen molar-refractivity contribution in [1.29, 1.82) is 0 Å². The normalized spacial score (nSPS) is 30.4. The number of rotatable bonds is 5.